The second-order valence-corrected chi connectivity index (χ2v) is 19.3. The van der Waals surface area contributed by atoms with E-state index in [1.165, 1.54) is 244 Å². The van der Waals surface area contributed by atoms with Gasteiger partial charge in [0, 0.05) is 12.8 Å². The van der Waals surface area contributed by atoms with Crippen molar-refractivity contribution in [3.8, 4) is 0 Å². The molecule has 364 valence electrons. The fraction of sp³-hybridized carbons (Fsp3) is 0.964. The lowest BCUT2D eigenvalue weighted by Crippen LogP contribution is -2.45. The smallest absolute Gasteiger partial charge is 0.305 e. The Balaban J connectivity index is 3.38. The van der Waals surface area contributed by atoms with Crippen LogP contribution in [-0.2, 0) is 14.3 Å². The second-order valence-electron chi connectivity index (χ2n) is 19.3. The number of aliphatic hydroxyl groups is 2. The number of hydrogen-bond acceptors (Lipinski definition) is 5. The minimum absolute atomic E-state index is 0.0109. The molecule has 0 aliphatic rings. The summed E-state index contributed by atoms with van der Waals surface area (Å²) < 4.78 is 5.46. The average Bonchev–Trinajstić information content (AvgIpc) is 3.26. The lowest BCUT2D eigenvalue weighted by atomic mass is 10.0. The van der Waals surface area contributed by atoms with Crippen LogP contribution in [0.15, 0.2) is 0 Å². The Morgan fingerprint density at radius 3 is 1.00 bits per heavy atom. The summed E-state index contributed by atoms with van der Waals surface area (Å²) >= 11 is 0. The molecule has 0 heterocycles. The first kappa shape index (κ1) is 59.9. The maximum absolute atomic E-state index is 12.4. The number of unbranched alkanes of at least 4 members (excludes halogenated alkanes) is 41. The number of carbonyl (C=O) groups is 2. The molecule has 0 aromatic heterocycles. The molecule has 61 heavy (non-hydrogen) atoms. The van der Waals surface area contributed by atoms with Crippen LogP contribution >= 0.6 is 0 Å². The normalized spacial score (nSPS) is 12.5. The number of rotatable bonds is 52. The largest absolute Gasteiger partial charge is 0.466 e. The minimum atomic E-state index is -0.663. The van der Waals surface area contributed by atoms with Crippen LogP contribution < -0.4 is 5.32 Å². The average molecular weight is 864 g/mol. The zero-order valence-electron chi connectivity index (χ0n) is 41.4. The third-order valence-electron chi connectivity index (χ3n) is 13.2. The summed E-state index contributed by atoms with van der Waals surface area (Å²) in [5.74, 6) is -0.0244. The Morgan fingerprint density at radius 1 is 0.393 bits per heavy atom. The fourth-order valence-corrected chi connectivity index (χ4v) is 8.88. The summed E-state index contributed by atoms with van der Waals surface area (Å²) in [4.78, 5) is 24.4. The molecule has 0 fully saturated rings. The molecule has 0 aliphatic heterocycles. The van der Waals surface area contributed by atoms with E-state index in [-0.39, 0.29) is 18.5 Å². The molecule has 3 N–H and O–H groups in total. The molecule has 0 spiro atoms. The van der Waals surface area contributed by atoms with Crippen LogP contribution in [-0.4, -0.2) is 47.4 Å². The molecular weight excluding hydrogens is 755 g/mol. The first-order valence-corrected chi connectivity index (χ1v) is 27.8. The third-order valence-corrected chi connectivity index (χ3v) is 13.2. The first-order valence-electron chi connectivity index (χ1n) is 27.8. The van der Waals surface area contributed by atoms with Crippen LogP contribution in [0.4, 0.5) is 0 Å². The van der Waals surface area contributed by atoms with Gasteiger partial charge in [0.2, 0.25) is 5.91 Å². The molecule has 0 saturated heterocycles. The minimum Gasteiger partial charge on any atom is -0.466 e. The van der Waals surface area contributed by atoms with Gasteiger partial charge in [-0.05, 0) is 25.7 Å². The van der Waals surface area contributed by atoms with Gasteiger partial charge in [-0.1, -0.05) is 277 Å². The Bertz CT molecular complexity index is 867. The van der Waals surface area contributed by atoms with Crippen molar-refractivity contribution in [3.05, 3.63) is 0 Å². The third kappa shape index (κ3) is 48.2. The lowest BCUT2D eigenvalue weighted by molar-refractivity contribution is -0.143. The molecule has 0 aromatic rings. The number of hydrogen-bond donors (Lipinski definition) is 3. The van der Waals surface area contributed by atoms with Crippen molar-refractivity contribution in [3.63, 3.8) is 0 Å². The zero-order chi connectivity index (χ0) is 44.4. The highest BCUT2D eigenvalue weighted by Crippen LogP contribution is 2.18. The predicted molar refractivity (Wildman–Crippen MR) is 264 cm³/mol. The Labute approximate surface area is 381 Å². The van der Waals surface area contributed by atoms with Crippen molar-refractivity contribution in [2.24, 2.45) is 0 Å². The molecule has 6 nitrogen and oxygen atoms in total. The van der Waals surface area contributed by atoms with E-state index < -0.39 is 12.1 Å². The lowest BCUT2D eigenvalue weighted by Gasteiger charge is -2.22. The van der Waals surface area contributed by atoms with Gasteiger partial charge in [0.25, 0.3) is 0 Å². The predicted octanol–water partition coefficient (Wildman–Crippen LogP) is 16.7. The second kappa shape index (κ2) is 51.5. The van der Waals surface area contributed by atoms with Crippen molar-refractivity contribution in [2.45, 2.75) is 328 Å². The zero-order valence-corrected chi connectivity index (χ0v) is 41.4. The van der Waals surface area contributed by atoms with Crippen molar-refractivity contribution in [1.82, 2.24) is 5.32 Å². The standard InChI is InChI=1S/C55H109NO5/c1-3-5-7-9-11-13-15-24-28-31-35-39-43-47-53(58)52(51-57)56-54(59)48-44-40-36-32-29-25-22-20-18-16-17-19-21-23-26-30-34-38-42-46-50-61-55(60)49-45-41-37-33-27-14-12-10-8-6-4-2/h52-53,57-58H,3-51H2,1-2H3,(H,56,59). The van der Waals surface area contributed by atoms with Crippen LogP contribution in [0.25, 0.3) is 0 Å². The maximum Gasteiger partial charge on any atom is 0.305 e. The number of aliphatic hydroxyl groups excluding tert-OH is 2. The van der Waals surface area contributed by atoms with E-state index >= 15 is 0 Å². The number of carbonyl (C=O) groups excluding carboxylic acids is 2. The van der Waals surface area contributed by atoms with Crippen LogP contribution in [0.2, 0.25) is 0 Å². The molecule has 0 rings (SSSR count). The van der Waals surface area contributed by atoms with Crippen LogP contribution in [0.1, 0.15) is 316 Å². The summed E-state index contributed by atoms with van der Waals surface area (Å²) in [5, 5.41) is 23.2. The number of nitrogens with one attached hydrogen (secondary N) is 1. The number of ether oxygens (including phenoxy) is 1. The van der Waals surface area contributed by atoms with Crippen LogP contribution in [0.5, 0.6) is 0 Å². The Kier molecular flexibility index (Phi) is 50.5. The van der Waals surface area contributed by atoms with Gasteiger partial charge >= 0.3 is 5.97 Å². The topological polar surface area (TPSA) is 95.9 Å². The number of esters is 1. The molecule has 2 unspecified atom stereocenters. The highest BCUT2D eigenvalue weighted by molar-refractivity contribution is 5.76. The fourth-order valence-electron chi connectivity index (χ4n) is 8.88. The van der Waals surface area contributed by atoms with Crippen molar-refractivity contribution >= 4 is 11.9 Å². The molecule has 6 heteroatoms. The molecular formula is C55H109NO5. The first-order chi connectivity index (χ1) is 30.0. The SMILES string of the molecule is CCCCCCCCCCCCCCCC(O)C(CO)NC(=O)CCCCCCCCCCCCCCCCCCCCCCOC(=O)CCCCCCCCCCCCC. The van der Waals surface area contributed by atoms with Crippen LogP contribution in [0.3, 0.4) is 0 Å². The van der Waals surface area contributed by atoms with Gasteiger partial charge in [0.05, 0.1) is 25.4 Å². The van der Waals surface area contributed by atoms with Gasteiger partial charge in [-0.3, -0.25) is 9.59 Å². The van der Waals surface area contributed by atoms with E-state index in [1.54, 1.807) is 0 Å². The van der Waals surface area contributed by atoms with Gasteiger partial charge in [-0.25, -0.2) is 0 Å². The Morgan fingerprint density at radius 2 is 0.672 bits per heavy atom. The van der Waals surface area contributed by atoms with Gasteiger partial charge in [-0.2, -0.15) is 0 Å². The van der Waals surface area contributed by atoms with Gasteiger partial charge < -0.3 is 20.3 Å². The van der Waals surface area contributed by atoms with E-state index in [0.29, 0.717) is 25.9 Å². The van der Waals surface area contributed by atoms with Gasteiger partial charge in [0.1, 0.15) is 0 Å². The summed E-state index contributed by atoms with van der Waals surface area (Å²) in [6, 6.07) is -0.540. The molecule has 2 atom stereocenters. The van der Waals surface area contributed by atoms with Crippen molar-refractivity contribution < 1.29 is 24.5 Å². The van der Waals surface area contributed by atoms with Gasteiger partial charge in [0.15, 0.2) is 0 Å². The summed E-state index contributed by atoms with van der Waals surface area (Å²) in [6.07, 6.45) is 58.0. The molecule has 0 aromatic carbocycles. The molecule has 0 aliphatic carbocycles. The monoisotopic (exact) mass is 864 g/mol. The van der Waals surface area contributed by atoms with Gasteiger partial charge in [-0.15, -0.1) is 0 Å². The highest BCUT2D eigenvalue weighted by atomic mass is 16.5. The van der Waals surface area contributed by atoms with E-state index in [4.69, 9.17) is 4.74 Å². The molecule has 1 amide bonds. The van der Waals surface area contributed by atoms with E-state index in [9.17, 15) is 19.8 Å². The number of amides is 1. The van der Waals surface area contributed by atoms with Crippen LogP contribution in [0, 0.1) is 0 Å². The molecule has 0 saturated carbocycles. The maximum atomic E-state index is 12.4. The van der Waals surface area contributed by atoms with E-state index in [0.717, 1.165) is 38.5 Å². The quantitative estimate of drug-likeness (QED) is 0.0418. The summed E-state index contributed by atoms with van der Waals surface area (Å²) in [5.41, 5.74) is 0. The van der Waals surface area contributed by atoms with Crippen molar-refractivity contribution in [1.29, 1.82) is 0 Å². The molecule has 0 radical (unpaired) electrons. The Hall–Kier alpha value is -1.14. The van der Waals surface area contributed by atoms with E-state index in [1.807, 2.05) is 0 Å². The summed E-state index contributed by atoms with van der Waals surface area (Å²) in [7, 11) is 0. The summed E-state index contributed by atoms with van der Waals surface area (Å²) in [6.45, 7) is 4.96. The van der Waals surface area contributed by atoms with E-state index in [2.05, 4.69) is 19.2 Å². The van der Waals surface area contributed by atoms with Crippen molar-refractivity contribution in [2.75, 3.05) is 13.2 Å². The molecule has 0 bridgehead atoms. The highest BCUT2D eigenvalue weighted by Gasteiger charge is 2.20.